The Bertz CT molecular complexity index is 1410. The van der Waals surface area contributed by atoms with Crippen LogP contribution in [0.2, 0.25) is 0 Å². The number of anilines is 2. The Hall–Kier alpha value is -3.12. The van der Waals surface area contributed by atoms with E-state index < -0.39 is 39.6 Å². The second kappa shape index (κ2) is 13.3. The van der Waals surface area contributed by atoms with Gasteiger partial charge in [0, 0.05) is 39.1 Å². The van der Waals surface area contributed by atoms with Crippen LogP contribution in [-0.2, 0) is 24.3 Å². The Morgan fingerprint density at radius 1 is 1.02 bits per heavy atom. The molecule has 3 aliphatic carbocycles. The number of rotatable bonds is 7. The van der Waals surface area contributed by atoms with Gasteiger partial charge in [0.05, 0.1) is 34.0 Å². The van der Waals surface area contributed by atoms with Gasteiger partial charge < -0.3 is 19.9 Å². The summed E-state index contributed by atoms with van der Waals surface area (Å²) in [4.78, 5) is 44.7. The van der Waals surface area contributed by atoms with Crippen molar-refractivity contribution < 1.29 is 27.5 Å². The van der Waals surface area contributed by atoms with Gasteiger partial charge in [0.25, 0.3) is 0 Å². The summed E-state index contributed by atoms with van der Waals surface area (Å²) in [5.74, 6) is -1.72. The van der Waals surface area contributed by atoms with Gasteiger partial charge in [0.15, 0.2) is 0 Å². The molecule has 0 unspecified atom stereocenters. The van der Waals surface area contributed by atoms with Crippen molar-refractivity contribution in [2.45, 2.75) is 87.5 Å². The number of nitrogens with one attached hydrogen (secondary N) is 3. The molecule has 0 bridgehead atoms. The molecule has 3 amide bonds. The van der Waals surface area contributed by atoms with Crippen LogP contribution in [0.15, 0.2) is 36.4 Å². The number of allylic oxidation sites excluding steroid dienone is 1. The zero-order valence-electron chi connectivity index (χ0n) is 26.2. The minimum atomic E-state index is -3.42. The number of hydrogen-bond acceptors (Lipinski definition) is 7. The highest BCUT2D eigenvalue weighted by molar-refractivity contribution is 7.90. The van der Waals surface area contributed by atoms with Crippen molar-refractivity contribution in [3.63, 3.8) is 0 Å². The Morgan fingerprint density at radius 3 is 2.53 bits per heavy atom. The summed E-state index contributed by atoms with van der Waals surface area (Å²) in [5.41, 5.74) is 0.909. The Balaban J connectivity index is 1.16. The molecular formula is C33H47N5O6S. The summed E-state index contributed by atoms with van der Waals surface area (Å²) in [5, 5.41) is 5.74. The van der Waals surface area contributed by atoms with E-state index in [1.54, 1.807) is 11.9 Å². The molecule has 1 saturated heterocycles. The lowest BCUT2D eigenvalue weighted by molar-refractivity contribution is -0.140. The lowest BCUT2D eigenvalue weighted by atomic mass is 9.93. The molecule has 11 nitrogen and oxygen atoms in total. The first-order chi connectivity index (χ1) is 21.6. The number of para-hydroxylation sites is 2. The third-order valence-corrected chi connectivity index (χ3v) is 12.1. The molecule has 3 saturated carbocycles. The predicted molar refractivity (Wildman–Crippen MR) is 172 cm³/mol. The van der Waals surface area contributed by atoms with Gasteiger partial charge in [-0.3, -0.25) is 14.9 Å². The van der Waals surface area contributed by atoms with E-state index in [1.165, 1.54) is 6.42 Å². The lowest BCUT2D eigenvalue weighted by Crippen LogP contribution is -2.51. The molecule has 0 spiro atoms. The molecule has 0 radical (unpaired) electrons. The summed E-state index contributed by atoms with van der Waals surface area (Å²) in [7, 11) is -1.66. The first-order valence-electron chi connectivity index (χ1n) is 16.7. The van der Waals surface area contributed by atoms with Gasteiger partial charge in [-0.25, -0.2) is 17.9 Å². The molecule has 45 heavy (non-hydrogen) atoms. The Labute approximate surface area is 266 Å². The molecule has 12 heteroatoms. The number of carbonyl (C=O) groups is 3. The van der Waals surface area contributed by atoms with Gasteiger partial charge in [-0.15, -0.1) is 0 Å². The van der Waals surface area contributed by atoms with Crippen molar-refractivity contribution in [1.82, 2.24) is 14.9 Å². The zero-order valence-corrected chi connectivity index (χ0v) is 27.0. The van der Waals surface area contributed by atoms with E-state index in [0.717, 1.165) is 50.9 Å². The van der Waals surface area contributed by atoms with Crippen LogP contribution in [0.5, 0.6) is 0 Å². The van der Waals surface area contributed by atoms with E-state index in [1.807, 2.05) is 24.3 Å². The van der Waals surface area contributed by atoms with E-state index in [-0.39, 0.29) is 42.4 Å². The summed E-state index contributed by atoms with van der Waals surface area (Å²) in [6, 6.07) is 7.70. The van der Waals surface area contributed by atoms with Crippen LogP contribution in [0.25, 0.3) is 0 Å². The number of ether oxygens (including phenoxy) is 1. The molecule has 6 rings (SSSR count). The monoisotopic (exact) mass is 641 g/mol. The summed E-state index contributed by atoms with van der Waals surface area (Å²) < 4.78 is 33.9. The van der Waals surface area contributed by atoms with Gasteiger partial charge in [-0.1, -0.05) is 24.3 Å². The van der Waals surface area contributed by atoms with Crippen molar-refractivity contribution in [2.24, 2.45) is 17.8 Å². The standard InChI is InChI=1S/C33H47N5O6S/c1-37-16-8-3-2-5-11-23-21-33(23,22-34-45(42,43)25-14-15-25)36-30(39)26-19-24(20-27(26)31(37)40)44-32(41)35-28-12-6-7-13-29(28)38-17-9-4-10-18-38/h5-7,11-13,23-27,34H,2-4,8-10,14-22H2,1H3,(H,35,41)(H,36,39)/b11-5-/t23-,24-,26-,27-,33+/m1/s1. The molecule has 5 aliphatic rings. The van der Waals surface area contributed by atoms with Gasteiger partial charge in [0.1, 0.15) is 6.10 Å². The van der Waals surface area contributed by atoms with Gasteiger partial charge in [-0.2, -0.15) is 0 Å². The van der Waals surface area contributed by atoms with Crippen LogP contribution in [0.1, 0.15) is 70.6 Å². The largest absolute Gasteiger partial charge is 0.446 e. The number of piperidine rings is 1. The normalized spacial score (nSPS) is 31.7. The van der Waals surface area contributed by atoms with Gasteiger partial charge in [0.2, 0.25) is 21.8 Å². The SMILES string of the molecule is CN1CCCC/C=C\[C@@H]2C[C@@]2(CNS(=O)(=O)C2CC2)NC(=O)[C@@H]2C[C@@H](OC(=O)Nc3ccccc3N3CCCCC3)C[C@H]2C1=O. The summed E-state index contributed by atoms with van der Waals surface area (Å²) in [6.45, 7) is 2.58. The van der Waals surface area contributed by atoms with Gasteiger partial charge in [-0.05, 0) is 82.8 Å². The lowest BCUT2D eigenvalue weighted by Gasteiger charge is -2.30. The quantitative estimate of drug-likeness (QED) is 0.386. The molecule has 5 atom stereocenters. The highest BCUT2D eigenvalue weighted by Gasteiger charge is 2.56. The second-order valence-electron chi connectivity index (χ2n) is 13.6. The van der Waals surface area contributed by atoms with E-state index in [2.05, 4.69) is 32.4 Å². The van der Waals surface area contributed by atoms with Crippen molar-refractivity contribution >= 4 is 39.3 Å². The second-order valence-corrected chi connectivity index (χ2v) is 15.7. The molecule has 1 aromatic carbocycles. The maximum atomic E-state index is 13.9. The molecule has 1 aromatic rings. The number of nitrogens with zero attached hydrogens (tertiary/aromatic N) is 2. The third-order valence-electron chi connectivity index (χ3n) is 10.2. The molecular weight excluding hydrogens is 594 g/mol. The first kappa shape index (κ1) is 31.8. The fourth-order valence-corrected chi connectivity index (χ4v) is 8.69. The number of benzene rings is 1. The third kappa shape index (κ3) is 7.48. The van der Waals surface area contributed by atoms with Crippen LogP contribution in [0.3, 0.4) is 0 Å². The molecule has 4 fully saturated rings. The van der Waals surface area contributed by atoms with Crippen molar-refractivity contribution in [2.75, 3.05) is 43.4 Å². The van der Waals surface area contributed by atoms with Crippen LogP contribution < -0.4 is 20.3 Å². The van der Waals surface area contributed by atoms with E-state index in [4.69, 9.17) is 4.74 Å². The molecule has 3 N–H and O–H groups in total. The molecule has 2 heterocycles. The van der Waals surface area contributed by atoms with Crippen molar-refractivity contribution in [3.8, 4) is 0 Å². The van der Waals surface area contributed by atoms with E-state index >= 15 is 0 Å². The first-order valence-corrected chi connectivity index (χ1v) is 18.2. The van der Waals surface area contributed by atoms with Crippen molar-refractivity contribution in [3.05, 3.63) is 36.4 Å². The Morgan fingerprint density at radius 2 is 1.76 bits per heavy atom. The van der Waals surface area contributed by atoms with Crippen LogP contribution in [0.4, 0.5) is 16.2 Å². The predicted octanol–water partition coefficient (Wildman–Crippen LogP) is 3.78. The van der Waals surface area contributed by atoms with E-state index in [0.29, 0.717) is 31.5 Å². The van der Waals surface area contributed by atoms with Crippen LogP contribution in [-0.4, -0.2) is 81.3 Å². The molecule has 0 aromatic heterocycles. The van der Waals surface area contributed by atoms with Crippen LogP contribution in [0, 0.1) is 17.8 Å². The maximum Gasteiger partial charge on any atom is 0.411 e. The fourth-order valence-electron chi connectivity index (χ4n) is 7.24. The highest BCUT2D eigenvalue weighted by atomic mass is 32.2. The fraction of sp³-hybridized carbons (Fsp3) is 0.667. The average Bonchev–Trinajstić information content (AvgIpc) is 3.95. The Kier molecular flexibility index (Phi) is 9.42. The zero-order chi connectivity index (χ0) is 31.6. The molecule has 2 aliphatic heterocycles. The number of carbonyl (C=O) groups excluding carboxylic acids is 3. The van der Waals surface area contributed by atoms with Crippen LogP contribution >= 0.6 is 0 Å². The van der Waals surface area contributed by atoms with Crippen molar-refractivity contribution in [1.29, 1.82) is 0 Å². The topological polar surface area (TPSA) is 137 Å². The number of amides is 3. The van der Waals surface area contributed by atoms with Gasteiger partial charge >= 0.3 is 6.09 Å². The highest BCUT2D eigenvalue weighted by Crippen LogP contribution is 2.46. The smallest absolute Gasteiger partial charge is 0.411 e. The summed E-state index contributed by atoms with van der Waals surface area (Å²) in [6.07, 6.45) is 11.5. The maximum absolute atomic E-state index is 13.9. The summed E-state index contributed by atoms with van der Waals surface area (Å²) >= 11 is 0. The minimum absolute atomic E-state index is 0.0160. The number of sulfonamides is 1. The number of fused-ring (bicyclic) bond motifs is 2. The average molecular weight is 642 g/mol. The number of hydrogen-bond donors (Lipinski definition) is 3. The molecule has 246 valence electrons. The minimum Gasteiger partial charge on any atom is -0.446 e. The van der Waals surface area contributed by atoms with E-state index in [9.17, 15) is 22.8 Å².